The van der Waals surface area contributed by atoms with Crippen LogP contribution in [0.2, 0.25) is 0 Å². The van der Waals surface area contributed by atoms with Crippen LogP contribution in [-0.4, -0.2) is 12.1 Å². The zero-order valence-corrected chi connectivity index (χ0v) is 18.5. The molecule has 32 heavy (non-hydrogen) atoms. The number of ether oxygens (including phenoxy) is 3. The van der Waals surface area contributed by atoms with Gasteiger partial charge in [0.05, 0.1) is 24.5 Å². The Morgan fingerprint density at radius 2 is 1.50 bits per heavy atom. The maximum Gasteiger partial charge on any atom is 0.312 e. The first-order valence-electron chi connectivity index (χ1n) is 10.6. The number of carbonyl (C=O) groups excluding carboxylic acids is 1. The van der Waals surface area contributed by atoms with Crippen molar-refractivity contribution in [2.45, 2.75) is 39.2 Å². The fraction of sp³-hybridized carbons (Fsp3) is 0.259. The summed E-state index contributed by atoms with van der Waals surface area (Å²) in [5.74, 6) is 1.72. The fourth-order valence-electron chi connectivity index (χ4n) is 2.93. The van der Waals surface area contributed by atoms with Crippen molar-refractivity contribution in [3.8, 4) is 29.1 Å². The van der Waals surface area contributed by atoms with Crippen LogP contribution in [0.4, 0.5) is 0 Å². The van der Waals surface area contributed by atoms with Crippen LogP contribution in [-0.2, 0) is 4.79 Å². The lowest BCUT2D eigenvalue weighted by Gasteiger charge is -2.18. The molecule has 5 heteroatoms. The van der Waals surface area contributed by atoms with Gasteiger partial charge in [0.15, 0.2) is 0 Å². The van der Waals surface area contributed by atoms with E-state index in [0.717, 1.165) is 5.75 Å². The lowest BCUT2D eigenvalue weighted by molar-refractivity contribution is -0.134. The Bertz CT molecular complexity index is 1060. The van der Waals surface area contributed by atoms with Gasteiger partial charge in [-0.25, -0.2) is 0 Å². The third kappa shape index (κ3) is 6.61. The fourth-order valence-corrected chi connectivity index (χ4v) is 2.93. The largest absolute Gasteiger partial charge is 0.490 e. The average Bonchev–Trinajstić information content (AvgIpc) is 2.79. The molecule has 0 saturated carbocycles. The maximum absolute atomic E-state index is 12.4. The Morgan fingerprint density at radius 1 is 0.844 bits per heavy atom. The van der Waals surface area contributed by atoms with Gasteiger partial charge in [-0.2, -0.15) is 5.26 Å². The van der Waals surface area contributed by atoms with Crippen molar-refractivity contribution in [2.24, 2.45) is 5.92 Å². The number of hydrogen-bond donors (Lipinski definition) is 0. The van der Waals surface area contributed by atoms with E-state index in [2.05, 4.69) is 19.9 Å². The van der Waals surface area contributed by atoms with Gasteiger partial charge in [0.1, 0.15) is 23.0 Å². The molecule has 0 heterocycles. The number of rotatable bonds is 9. The topological polar surface area (TPSA) is 68.5 Å². The highest BCUT2D eigenvalue weighted by Crippen LogP contribution is 2.27. The maximum atomic E-state index is 12.4. The molecule has 2 atom stereocenters. The lowest BCUT2D eigenvalue weighted by Crippen LogP contribution is -2.18. The van der Waals surface area contributed by atoms with Crippen LogP contribution < -0.4 is 14.2 Å². The zero-order valence-electron chi connectivity index (χ0n) is 18.5. The van der Waals surface area contributed by atoms with E-state index in [-0.39, 0.29) is 12.5 Å². The predicted molar refractivity (Wildman–Crippen MR) is 123 cm³/mol. The molecule has 0 fully saturated rings. The summed E-state index contributed by atoms with van der Waals surface area (Å²) in [6.45, 7) is 6.20. The molecule has 0 aromatic heterocycles. The second-order valence-corrected chi connectivity index (χ2v) is 7.89. The van der Waals surface area contributed by atoms with E-state index >= 15 is 0 Å². The molecule has 3 aromatic rings. The SMILES string of the molecule is CC(C)C(C)Oc1ccc(OC(=O)CC(C#N)c2cccc(Oc3ccccc3)c2)cc1. The second-order valence-electron chi connectivity index (χ2n) is 7.89. The van der Waals surface area contributed by atoms with Gasteiger partial charge >= 0.3 is 5.97 Å². The molecule has 0 radical (unpaired) electrons. The van der Waals surface area contributed by atoms with Crippen LogP contribution in [0.3, 0.4) is 0 Å². The smallest absolute Gasteiger partial charge is 0.312 e. The number of esters is 1. The Hall–Kier alpha value is -3.78. The molecule has 0 N–H and O–H groups in total. The van der Waals surface area contributed by atoms with Crippen molar-refractivity contribution in [1.82, 2.24) is 0 Å². The van der Waals surface area contributed by atoms with Crippen LogP contribution in [0.5, 0.6) is 23.0 Å². The minimum Gasteiger partial charge on any atom is -0.490 e. The number of nitriles is 1. The monoisotopic (exact) mass is 429 g/mol. The first kappa shape index (κ1) is 22.9. The molecule has 0 aliphatic rings. The van der Waals surface area contributed by atoms with Gasteiger partial charge in [-0.05, 0) is 66.9 Å². The van der Waals surface area contributed by atoms with Crippen LogP contribution in [0, 0.1) is 17.2 Å². The van der Waals surface area contributed by atoms with Crippen LogP contribution in [0.25, 0.3) is 0 Å². The summed E-state index contributed by atoms with van der Waals surface area (Å²) >= 11 is 0. The van der Waals surface area contributed by atoms with Crippen molar-refractivity contribution < 1.29 is 19.0 Å². The molecule has 164 valence electrons. The predicted octanol–water partition coefficient (Wildman–Crippen LogP) is 6.51. The number of nitrogens with zero attached hydrogens (tertiary/aromatic N) is 1. The molecule has 0 bridgehead atoms. The summed E-state index contributed by atoms with van der Waals surface area (Å²) in [4.78, 5) is 12.4. The quantitative estimate of drug-likeness (QED) is 0.287. The van der Waals surface area contributed by atoms with E-state index in [0.29, 0.717) is 28.7 Å². The summed E-state index contributed by atoms with van der Waals surface area (Å²) in [5, 5.41) is 9.62. The van der Waals surface area contributed by atoms with Crippen molar-refractivity contribution >= 4 is 5.97 Å². The highest BCUT2D eigenvalue weighted by atomic mass is 16.5. The van der Waals surface area contributed by atoms with E-state index < -0.39 is 11.9 Å². The Labute approximate surface area is 189 Å². The summed E-state index contributed by atoms with van der Waals surface area (Å²) in [7, 11) is 0. The molecular formula is C27H27NO4. The zero-order chi connectivity index (χ0) is 22.9. The van der Waals surface area contributed by atoms with Crippen molar-refractivity contribution in [2.75, 3.05) is 0 Å². The van der Waals surface area contributed by atoms with Gasteiger partial charge < -0.3 is 14.2 Å². The van der Waals surface area contributed by atoms with E-state index in [9.17, 15) is 10.1 Å². The number of benzene rings is 3. The van der Waals surface area contributed by atoms with Crippen molar-refractivity contribution in [3.63, 3.8) is 0 Å². The molecule has 3 rings (SSSR count). The van der Waals surface area contributed by atoms with E-state index in [1.807, 2.05) is 43.3 Å². The Balaban J connectivity index is 1.60. The van der Waals surface area contributed by atoms with E-state index in [4.69, 9.17) is 14.2 Å². The third-order valence-corrected chi connectivity index (χ3v) is 5.08. The van der Waals surface area contributed by atoms with Gasteiger partial charge in [0.2, 0.25) is 0 Å². The second kappa shape index (κ2) is 11.0. The molecule has 5 nitrogen and oxygen atoms in total. The molecule has 2 unspecified atom stereocenters. The van der Waals surface area contributed by atoms with Crippen LogP contribution >= 0.6 is 0 Å². The van der Waals surface area contributed by atoms with Gasteiger partial charge in [-0.3, -0.25) is 4.79 Å². The van der Waals surface area contributed by atoms with Crippen molar-refractivity contribution in [1.29, 1.82) is 5.26 Å². The highest BCUT2D eigenvalue weighted by molar-refractivity contribution is 5.74. The van der Waals surface area contributed by atoms with Crippen LogP contribution in [0.1, 0.15) is 38.7 Å². The third-order valence-electron chi connectivity index (χ3n) is 5.08. The summed E-state index contributed by atoms with van der Waals surface area (Å²) in [5.41, 5.74) is 0.698. The minimum atomic E-state index is -0.642. The normalized spacial score (nSPS) is 12.5. The van der Waals surface area contributed by atoms with Crippen LogP contribution in [0.15, 0.2) is 78.9 Å². The molecule has 3 aromatic carbocycles. The van der Waals surface area contributed by atoms with Gasteiger partial charge in [-0.15, -0.1) is 0 Å². The van der Waals surface area contributed by atoms with E-state index in [1.165, 1.54) is 0 Å². The summed E-state index contributed by atoms with van der Waals surface area (Å²) < 4.78 is 17.1. The first-order valence-corrected chi connectivity index (χ1v) is 10.6. The molecule has 0 amide bonds. The lowest BCUT2D eigenvalue weighted by atomic mass is 9.97. The molecular weight excluding hydrogens is 402 g/mol. The summed E-state index contributed by atoms with van der Waals surface area (Å²) in [6, 6.07) is 25.7. The molecule has 0 spiro atoms. The number of hydrogen-bond acceptors (Lipinski definition) is 5. The first-order chi connectivity index (χ1) is 15.4. The van der Waals surface area contributed by atoms with E-state index in [1.54, 1.807) is 42.5 Å². The number of carbonyl (C=O) groups is 1. The van der Waals surface area contributed by atoms with Gasteiger partial charge in [0, 0.05) is 0 Å². The highest BCUT2D eigenvalue weighted by Gasteiger charge is 2.18. The van der Waals surface area contributed by atoms with Gasteiger partial charge in [0.25, 0.3) is 0 Å². The Kier molecular flexibility index (Phi) is 7.88. The average molecular weight is 430 g/mol. The van der Waals surface area contributed by atoms with Crippen molar-refractivity contribution in [3.05, 3.63) is 84.4 Å². The molecule has 0 saturated heterocycles. The van der Waals surface area contributed by atoms with Gasteiger partial charge in [-0.1, -0.05) is 44.2 Å². The Morgan fingerprint density at radius 3 is 2.16 bits per heavy atom. The number of para-hydroxylation sites is 1. The minimum absolute atomic E-state index is 0.0616. The molecule has 0 aliphatic heterocycles. The molecule has 0 aliphatic carbocycles. The summed E-state index contributed by atoms with van der Waals surface area (Å²) in [6.07, 6.45) is 0.0231. The standard InChI is InChI=1S/C27H27NO4/c1-19(2)20(3)30-24-12-14-25(15-13-24)32-27(29)17-22(18-28)21-8-7-11-26(16-21)31-23-9-5-4-6-10-23/h4-16,19-20,22H,17H2,1-3H3.